The number of hydrogen-bond acceptors (Lipinski definition) is 5. The molecule has 2 amide bonds. The van der Waals surface area contributed by atoms with Gasteiger partial charge in [0.05, 0.1) is 10.6 Å². The maximum atomic E-state index is 14.7. The molecule has 0 aliphatic heterocycles. The summed E-state index contributed by atoms with van der Waals surface area (Å²) in [5.41, 5.74) is 1.72. The van der Waals surface area contributed by atoms with Crippen molar-refractivity contribution in [1.29, 1.82) is 0 Å². The monoisotopic (exact) mass is 709 g/mol. The van der Waals surface area contributed by atoms with Crippen LogP contribution in [0.4, 0.5) is 5.69 Å². The molecule has 0 saturated heterocycles. The second-order valence-corrected chi connectivity index (χ2v) is 14.1. The molecule has 0 aliphatic rings. The zero-order valence-electron chi connectivity index (χ0n) is 28.0. The number of benzene rings is 5. The summed E-state index contributed by atoms with van der Waals surface area (Å²) in [5.74, 6) is 0.200. The molecule has 0 aromatic heterocycles. The van der Waals surface area contributed by atoms with E-state index < -0.39 is 28.5 Å². The lowest BCUT2D eigenvalue weighted by Gasteiger charge is -2.34. The molecule has 10 heteroatoms. The summed E-state index contributed by atoms with van der Waals surface area (Å²) in [6, 6.07) is 39.1. The van der Waals surface area contributed by atoms with Crippen molar-refractivity contribution in [3.63, 3.8) is 0 Å². The first-order valence-corrected chi connectivity index (χ1v) is 18.3. The fourth-order valence-corrected chi connectivity index (χ4v) is 6.99. The average molecular weight is 710 g/mol. The van der Waals surface area contributed by atoms with Crippen LogP contribution in [0.5, 0.6) is 11.5 Å². The highest BCUT2D eigenvalue weighted by atomic mass is 35.5. The molecular weight excluding hydrogens is 670 g/mol. The van der Waals surface area contributed by atoms with Crippen molar-refractivity contribution in [2.75, 3.05) is 10.8 Å². The number of nitrogens with zero attached hydrogens (tertiary/aromatic N) is 2. The molecule has 0 saturated carbocycles. The minimum atomic E-state index is -4.24. The maximum absolute atomic E-state index is 14.7. The van der Waals surface area contributed by atoms with Gasteiger partial charge in [0.25, 0.3) is 10.0 Å². The SMILES string of the molecule is CC[C@@H](C)NC(=O)[C@@H](Cc1ccccc1)N(Cc1ccccc1Cl)C(=O)CN(c1ccc(Oc2ccccc2)cc1)S(=O)(=O)c1ccccc1. The highest BCUT2D eigenvalue weighted by molar-refractivity contribution is 7.92. The molecule has 0 fully saturated rings. The number of sulfonamides is 1. The Morgan fingerprint density at radius 2 is 1.32 bits per heavy atom. The number of carbonyl (C=O) groups is 2. The zero-order chi connectivity index (χ0) is 35.5. The van der Waals surface area contributed by atoms with Gasteiger partial charge in [0.15, 0.2) is 0 Å². The summed E-state index contributed by atoms with van der Waals surface area (Å²) in [6.07, 6.45) is 0.894. The highest BCUT2D eigenvalue weighted by Gasteiger charge is 2.35. The van der Waals surface area contributed by atoms with E-state index in [1.807, 2.05) is 74.5 Å². The Hall–Kier alpha value is -5.12. The number of nitrogens with one attached hydrogen (secondary N) is 1. The van der Waals surface area contributed by atoms with Crippen LogP contribution in [0.25, 0.3) is 0 Å². The van der Waals surface area contributed by atoms with Gasteiger partial charge in [-0.15, -0.1) is 0 Å². The standard InChI is InChI=1S/C40H40ClN3O5S/c1-3-30(2)42-40(46)38(27-31-15-7-4-8-16-31)43(28-32-17-13-14-22-37(32)41)39(45)29-44(50(47,48)36-20-11-6-12-21-36)33-23-25-35(26-24-33)49-34-18-9-5-10-19-34/h4-26,30,38H,3,27-29H2,1-2H3,(H,42,46)/t30-,38-/m1/s1. The molecule has 8 nitrogen and oxygen atoms in total. The van der Waals surface area contributed by atoms with Gasteiger partial charge in [0.2, 0.25) is 11.8 Å². The van der Waals surface area contributed by atoms with E-state index in [4.69, 9.17) is 16.3 Å². The van der Waals surface area contributed by atoms with Crippen LogP contribution < -0.4 is 14.4 Å². The van der Waals surface area contributed by atoms with Crippen LogP contribution in [0, 0.1) is 0 Å². The summed E-state index contributed by atoms with van der Waals surface area (Å²) < 4.78 is 35.6. The van der Waals surface area contributed by atoms with Crippen LogP contribution in [-0.4, -0.2) is 43.8 Å². The maximum Gasteiger partial charge on any atom is 0.264 e. The predicted octanol–water partition coefficient (Wildman–Crippen LogP) is 7.88. The third-order valence-electron chi connectivity index (χ3n) is 8.28. The fraction of sp³-hybridized carbons (Fsp3) is 0.200. The van der Waals surface area contributed by atoms with E-state index in [0.29, 0.717) is 28.5 Å². The summed E-state index contributed by atoms with van der Waals surface area (Å²) in [5, 5.41) is 3.47. The third-order valence-corrected chi connectivity index (χ3v) is 10.4. The first kappa shape index (κ1) is 36.2. The van der Waals surface area contributed by atoms with Crippen LogP contribution in [0.2, 0.25) is 5.02 Å². The van der Waals surface area contributed by atoms with Gasteiger partial charge in [-0.05, 0) is 79.1 Å². The van der Waals surface area contributed by atoms with Crippen molar-refractivity contribution in [3.05, 3.63) is 156 Å². The average Bonchev–Trinajstić information content (AvgIpc) is 3.14. The Kier molecular flexibility index (Phi) is 12.3. The Morgan fingerprint density at radius 1 is 0.760 bits per heavy atom. The van der Waals surface area contributed by atoms with Crippen LogP contribution in [0.1, 0.15) is 31.4 Å². The minimum absolute atomic E-state index is 0.0189. The van der Waals surface area contributed by atoms with Gasteiger partial charge in [-0.2, -0.15) is 0 Å². The number of rotatable bonds is 15. The van der Waals surface area contributed by atoms with Gasteiger partial charge in [-0.3, -0.25) is 13.9 Å². The second kappa shape index (κ2) is 17.0. The number of carbonyl (C=O) groups excluding carboxylic acids is 2. The quantitative estimate of drug-likeness (QED) is 0.119. The molecule has 1 N–H and O–H groups in total. The molecule has 0 bridgehead atoms. The van der Waals surface area contributed by atoms with Crippen LogP contribution in [0.15, 0.2) is 144 Å². The lowest BCUT2D eigenvalue weighted by molar-refractivity contribution is -0.140. The van der Waals surface area contributed by atoms with E-state index in [-0.39, 0.29) is 35.5 Å². The van der Waals surface area contributed by atoms with Gasteiger partial charge in [-0.25, -0.2) is 8.42 Å². The van der Waals surface area contributed by atoms with Crippen LogP contribution >= 0.6 is 11.6 Å². The number of ether oxygens (including phenoxy) is 1. The normalized spacial score (nSPS) is 12.4. The third kappa shape index (κ3) is 9.31. The van der Waals surface area contributed by atoms with E-state index in [9.17, 15) is 18.0 Å². The number of anilines is 1. The van der Waals surface area contributed by atoms with E-state index >= 15 is 0 Å². The van der Waals surface area contributed by atoms with Crippen molar-refractivity contribution in [1.82, 2.24) is 10.2 Å². The summed E-state index contributed by atoms with van der Waals surface area (Å²) in [6.45, 7) is 3.26. The lowest BCUT2D eigenvalue weighted by atomic mass is 10.0. The highest BCUT2D eigenvalue weighted by Crippen LogP contribution is 2.29. The number of para-hydroxylation sites is 1. The van der Waals surface area contributed by atoms with E-state index in [0.717, 1.165) is 9.87 Å². The smallest absolute Gasteiger partial charge is 0.264 e. The summed E-state index contributed by atoms with van der Waals surface area (Å²) >= 11 is 6.59. The first-order chi connectivity index (χ1) is 24.2. The number of hydrogen-bond donors (Lipinski definition) is 1. The molecule has 0 radical (unpaired) electrons. The van der Waals surface area contributed by atoms with Crippen molar-refractivity contribution in [2.45, 2.75) is 50.2 Å². The Morgan fingerprint density at radius 3 is 1.94 bits per heavy atom. The van der Waals surface area contributed by atoms with Gasteiger partial charge in [0.1, 0.15) is 24.1 Å². The van der Waals surface area contributed by atoms with Gasteiger partial charge >= 0.3 is 0 Å². The molecule has 258 valence electrons. The first-order valence-electron chi connectivity index (χ1n) is 16.4. The summed E-state index contributed by atoms with van der Waals surface area (Å²) in [4.78, 5) is 30.2. The molecule has 5 rings (SSSR count). The fourth-order valence-electron chi connectivity index (χ4n) is 5.36. The Bertz CT molecular complexity index is 1960. The molecule has 50 heavy (non-hydrogen) atoms. The van der Waals surface area contributed by atoms with Crippen LogP contribution in [0.3, 0.4) is 0 Å². The van der Waals surface area contributed by atoms with Crippen molar-refractivity contribution in [3.8, 4) is 11.5 Å². The summed E-state index contributed by atoms with van der Waals surface area (Å²) in [7, 11) is -4.24. The van der Waals surface area contributed by atoms with E-state index in [1.165, 1.54) is 17.0 Å². The molecular formula is C40H40ClN3O5S. The Labute approximate surface area is 299 Å². The molecule has 0 unspecified atom stereocenters. The van der Waals surface area contributed by atoms with Crippen LogP contribution in [-0.2, 0) is 32.6 Å². The van der Waals surface area contributed by atoms with E-state index in [2.05, 4.69) is 5.32 Å². The minimum Gasteiger partial charge on any atom is -0.457 e. The molecule has 0 spiro atoms. The molecule has 5 aromatic rings. The van der Waals surface area contributed by atoms with E-state index in [1.54, 1.807) is 66.7 Å². The van der Waals surface area contributed by atoms with Gasteiger partial charge in [-0.1, -0.05) is 103 Å². The number of amides is 2. The second-order valence-electron chi connectivity index (χ2n) is 11.9. The van der Waals surface area contributed by atoms with Crippen molar-refractivity contribution >= 4 is 39.1 Å². The Balaban J connectivity index is 1.56. The molecule has 0 aliphatic carbocycles. The predicted molar refractivity (Wildman–Crippen MR) is 198 cm³/mol. The number of halogens is 1. The van der Waals surface area contributed by atoms with Gasteiger partial charge < -0.3 is 15.0 Å². The van der Waals surface area contributed by atoms with Gasteiger partial charge in [0, 0.05) is 24.0 Å². The molecule has 2 atom stereocenters. The topological polar surface area (TPSA) is 96.0 Å². The largest absolute Gasteiger partial charge is 0.457 e. The molecule has 5 aromatic carbocycles. The lowest BCUT2D eigenvalue weighted by Crippen LogP contribution is -2.54. The zero-order valence-corrected chi connectivity index (χ0v) is 29.6. The van der Waals surface area contributed by atoms with Crippen molar-refractivity contribution in [2.24, 2.45) is 0 Å². The molecule has 0 heterocycles. The van der Waals surface area contributed by atoms with Crippen molar-refractivity contribution < 1.29 is 22.7 Å².